The fourth-order valence-corrected chi connectivity index (χ4v) is 4.55. The molecule has 6 heteroatoms. The quantitative estimate of drug-likeness (QED) is 0.557. The van der Waals surface area contributed by atoms with Crippen molar-refractivity contribution in [2.75, 3.05) is 26.3 Å². The van der Waals surface area contributed by atoms with Gasteiger partial charge in [0.15, 0.2) is 0 Å². The molecule has 1 atom stereocenters. The molecule has 0 aromatic rings. The number of ether oxygens (including phenoxy) is 1. The third kappa shape index (κ3) is 7.90. The molecule has 1 saturated heterocycles. The van der Waals surface area contributed by atoms with Gasteiger partial charge in [0.2, 0.25) is 10.0 Å². The minimum atomic E-state index is -3.26. The lowest BCUT2D eigenvalue weighted by molar-refractivity contribution is 0.0270. The summed E-state index contributed by atoms with van der Waals surface area (Å²) in [6, 6.07) is 0. The summed E-state index contributed by atoms with van der Waals surface area (Å²) >= 11 is 0. The number of hydrazine groups is 1. The largest absolute Gasteiger partial charge is 0.379 e. The summed E-state index contributed by atoms with van der Waals surface area (Å²) in [5.41, 5.74) is 0. The summed E-state index contributed by atoms with van der Waals surface area (Å²) < 4.78 is 30.4. The summed E-state index contributed by atoms with van der Waals surface area (Å²) in [7, 11) is -3.26. The van der Waals surface area contributed by atoms with Gasteiger partial charge >= 0.3 is 0 Å². The number of unbranched alkanes of at least 4 members (excludes halogenated alkanes) is 5. The van der Waals surface area contributed by atoms with E-state index in [0.717, 1.165) is 32.1 Å². The molecule has 1 heterocycles. The number of rotatable bonds is 12. The highest BCUT2D eigenvalue weighted by atomic mass is 32.2. The highest BCUT2D eigenvalue weighted by molar-refractivity contribution is 7.90. The molecule has 0 aliphatic carbocycles. The average molecular weight is 335 g/mol. The highest BCUT2D eigenvalue weighted by Gasteiger charge is 2.27. The second kappa shape index (κ2) is 11.4. The molecular weight excluding hydrogens is 300 g/mol. The van der Waals surface area contributed by atoms with Crippen molar-refractivity contribution in [3.63, 3.8) is 0 Å². The number of hydrogen-bond acceptors (Lipinski definition) is 4. The Labute approximate surface area is 136 Å². The van der Waals surface area contributed by atoms with Crippen LogP contribution in [-0.4, -0.2) is 45.0 Å². The van der Waals surface area contributed by atoms with Crippen LogP contribution in [0.15, 0.2) is 0 Å². The molecule has 1 aliphatic heterocycles. The van der Waals surface area contributed by atoms with Crippen molar-refractivity contribution in [3.8, 4) is 0 Å². The Bertz CT molecular complexity index is 368. The maximum atomic E-state index is 12.6. The average Bonchev–Trinajstić information content (AvgIpc) is 2.50. The van der Waals surface area contributed by atoms with E-state index in [1.54, 1.807) is 5.01 Å². The number of hydrogen-bond donors (Lipinski definition) is 1. The Hall–Kier alpha value is -0.170. The predicted molar refractivity (Wildman–Crippen MR) is 91.1 cm³/mol. The minimum Gasteiger partial charge on any atom is -0.379 e. The molecule has 1 N–H and O–H groups in total. The zero-order valence-electron chi connectivity index (χ0n) is 14.3. The van der Waals surface area contributed by atoms with Crippen LogP contribution in [0.2, 0.25) is 0 Å². The summed E-state index contributed by atoms with van der Waals surface area (Å²) in [5, 5.41) is 1.52. The molecule has 0 radical (unpaired) electrons. The maximum absolute atomic E-state index is 12.6. The molecule has 0 saturated carbocycles. The van der Waals surface area contributed by atoms with E-state index in [9.17, 15) is 8.42 Å². The van der Waals surface area contributed by atoms with Crippen LogP contribution in [0.1, 0.15) is 71.6 Å². The van der Waals surface area contributed by atoms with Crippen LogP contribution < -0.4 is 4.83 Å². The second-order valence-electron chi connectivity index (χ2n) is 6.20. The standard InChI is InChI=1S/C16H34N2O3S/c1-3-5-6-7-8-9-11-16(10-4-2)22(19,20)17-18-12-14-21-15-13-18/h16-17H,3-15H2,1-2H3. The van der Waals surface area contributed by atoms with Gasteiger partial charge in [0.25, 0.3) is 0 Å². The van der Waals surface area contributed by atoms with Gasteiger partial charge in [-0.3, -0.25) is 0 Å². The van der Waals surface area contributed by atoms with Crippen molar-refractivity contribution in [2.45, 2.75) is 76.9 Å². The molecule has 1 aliphatic rings. The number of nitrogens with zero attached hydrogens (tertiary/aromatic N) is 1. The fourth-order valence-electron chi connectivity index (χ4n) is 2.84. The Morgan fingerprint density at radius 3 is 2.23 bits per heavy atom. The Morgan fingerprint density at radius 1 is 0.955 bits per heavy atom. The van der Waals surface area contributed by atoms with Gasteiger partial charge in [-0.2, -0.15) is 0 Å². The van der Waals surface area contributed by atoms with Gasteiger partial charge in [-0.05, 0) is 12.8 Å². The second-order valence-corrected chi connectivity index (χ2v) is 8.14. The van der Waals surface area contributed by atoms with Gasteiger partial charge in [0, 0.05) is 13.1 Å². The SMILES string of the molecule is CCCCCCCCC(CCC)S(=O)(=O)NN1CCOCC1. The van der Waals surface area contributed by atoms with Gasteiger partial charge in [-0.15, -0.1) is 4.83 Å². The van der Waals surface area contributed by atoms with E-state index >= 15 is 0 Å². The van der Waals surface area contributed by atoms with E-state index in [2.05, 4.69) is 18.7 Å². The van der Waals surface area contributed by atoms with Crippen LogP contribution in [-0.2, 0) is 14.8 Å². The molecular formula is C16H34N2O3S. The van der Waals surface area contributed by atoms with Crippen LogP contribution in [0.5, 0.6) is 0 Å². The topological polar surface area (TPSA) is 58.6 Å². The first-order valence-corrected chi connectivity index (χ1v) is 10.5. The first-order chi connectivity index (χ1) is 10.6. The number of nitrogens with one attached hydrogen (secondary N) is 1. The van der Waals surface area contributed by atoms with Gasteiger partial charge in [0.05, 0.1) is 18.5 Å². The van der Waals surface area contributed by atoms with E-state index in [0.29, 0.717) is 26.3 Å². The van der Waals surface area contributed by atoms with E-state index in [4.69, 9.17) is 4.74 Å². The summed E-state index contributed by atoms with van der Waals surface area (Å²) in [6.45, 7) is 6.72. The normalized spacial score (nSPS) is 18.5. The molecule has 5 nitrogen and oxygen atoms in total. The molecule has 0 spiro atoms. The summed E-state index contributed by atoms with van der Waals surface area (Å²) in [5.74, 6) is 0. The van der Waals surface area contributed by atoms with Gasteiger partial charge in [0.1, 0.15) is 0 Å². The van der Waals surface area contributed by atoms with Crippen molar-refractivity contribution in [2.24, 2.45) is 0 Å². The van der Waals surface area contributed by atoms with Crippen molar-refractivity contribution in [3.05, 3.63) is 0 Å². The smallest absolute Gasteiger partial charge is 0.227 e. The van der Waals surface area contributed by atoms with Crippen LogP contribution in [0.3, 0.4) is 0 Å². The third-order valence-corrected chi connectivity index (χ3v) is 6.06. The molecule has 0 aromatic heterocycles. The van der Waals surface area contributed by atoms with E-state index in [1.165, 1.54) is 25.7 Å². The van der Waals surface area contributed by atoms with E-state index in [-0.39, 0.29) is 5.25 Å². The van der Waals surface area contributed by atoms with Gasteiger partial charge in [-0.25, -0.2) is 13.4 Å². The maximum Gasteiger partial charge on any atom is 0.227 e. The third-order valence-electron chi connectivity index (χ3n) is 4.20. The van der Waals surface area contributed by atoms with E-state index < -0.39 is 10.0 Å². The van der Waals surface area contributed by atoms with Crippen molar-refractivity contribution in [1.82, 2.24) is 9.84 Å². The minimum absolute atomic E-state index is 0.258. The number of morpholine rings is 1. The molecule has 1 rings (SSSR count). The number of sulfonamides is 1. The molecule has 0 aromatic carbocycles. The first kappa shape index (κ1) is 19.9. The van der Waals surface area contributed by atoms with Crippen molar-refractivity contribution < 1.29 is 13.2 Å². The zero-order valence-corrected chi connectivity index (χ0v) is 15.2. The van der Waals surface area contributed by atoms with Crippen LogP contribution >= 0.6 is 0 Å². The molecule has 132 valence electrons. The Morgan fingerprint density at radius 2 is 1.59 bits per heavy atom. The van der Waals surface area contributed by atoms with E-state index in [1.807, 2.05) is 0 Å². The monoisotopic (exact) mass is 334 g/mol. The Kier molecular flexibility index (Phi) is 10.3. The lowest BCUT2D eigenvalue weighted by Gasteiger charge is -2.29. The molecule has 1 fully saturated rings. The zero-order chi connectivity index (χ0) is 16.3. The molecule has 22 heavy (non-hydrogen) atoms. The highest BCUT2D eigenvalue weighted by Crippen LogP contribution is 2.17. The van der Waals surface area contributed by atoms with Crippen LogP contribution in [0, 0.1) is 0 Å². The van der Waals surface area contributed by atoms with Gasteiger partial charge < -0.3 is 4.74 Å². The Balaban J connectivity index is 2.38. The van der Waals surface area contributed by atoms with Crippen molar-refractivity contribution in [1.29, 1.82) is 0 Å². The fraction of sp³-hybridized carbons (Fsp3) is 1.00. The molecule has 1 unspecified atom stereocenters. The molecule has 0 bridgehead atoms. The summed E-state index contributed by atoms with van der Waals surface area (Å²) in [6.07, 6.45) is 9.62. The summed E-state index contributed by atoms with van der Waals surface area (Å²) in [4.78, 5) is 2.77. The first-order valence-electron chi connectivity index (χ1n) is 8.94. The molecule has 0 amide bonds. The van der Waals surface area contributed by atoms with Gasteiger partial charge in [-0.1, -0.05) is 58.8 Å². The van der Waals surface area contributed by atoms with Crippen molar-refractivity contribution >= 4 is 10.0 Å². The lowest BCUT2D eigenvalue weighted by atomic mass is 10.1. The van der Waals surface area contributed by atoms with Crippen LogP contribution in [0.25, 0.3) is 0 Å². The van der Waals surface area contributed by atoms with Crippen LogP contribution in [0.4, 0.5) is 0 Å². The predicted octanol–water partition coefficient (Wildman–Crippen LogP) is 3.07. The lowest BCUT2D eigenvalue weighted by Crippen LogP contribution is -2.50.